The van der Waals surface area contributed by atoms with E-state index in [0.29, 0.717) is 43.1 Å². The maximum Gasteiger partial charge on any atom is 0.257 e. The molecule has 1 saturated heterocycles. The van der Waals surface area contributed by atoms with E-state index in [9.17, 15) is 9.59 Å². The summed E-state index contributed by atoms with van der Waals surface area (Å²) >= 11 is 0. The molecular weight excluding hydrogens is 310 g/mol. The molecule has 0 bridgehead atoms. The van der Waals surface area contributed by atoms with Gasteiger partial charge in [-0.05, 0) is 25.0 Å². The fourth-order valence-electron chi connectivity index (χ4n) is 2.73. The number of furan rings is 1. The maximum atomic E-state index is 12.3. The summed E-state index contributed by atoms with van der Waals surface area (Å²) in [4.78, 5) is 30.4. The average molecular weight is 329 g/mol. The van der Waals surface area contributed by atoms with Crippen LogP contribution in [0, 0.1) is 5.92 Å². The van der Waals surface area contributed by atoms with Crippen LogP contribution in [-0.4, -0.2) is 41.9 Å². The summed E-state index contributed by atoms with van der Waals surface area (Å²) in [6.07, 6.45) is 5.76. The largest absolute Gasteiger partial charge is 0.481 e. The minimum Gasteiger partial charge on any atom is -0.481 e. The molecule has 1 aliphatic rings. The Labute approximate surface area is 139 Å². The second-order valence-electron chi connectivity index (χ2n) is 5.66. The van der Waals surface area contributed by atoms with Crippen molar-refractivity contribution in [3.63, 3.8) is 0 Å². The molecular formula is C17H19N3O4. The second-order valence-corrected chi connectivity index (χ2v) is 5.66. The molecule has 0 unspecified atom stereocenters. The quantitative estimate of drug-likeness (QED) is 0.929. The van der Waals surface area contributed by atoms with E-state index in [1.54, 1.807) is 36.4 Å². The van der Waals surface area contributed by atoms with Crippen LogP contribution in [0.15, 0.2) is 41.3 Å². The molecule has 7 nitrogen and oxygen atoms in total. The second kappa shape index (κ2) is 7.16. The Kier molecular flexibility index (Phi) is 4.79. The standard InChI is InChI=1S/C17H19N3O4/c1-23-15-3-2-14(10-18-15)19-16(21)12-4-7-20(8-5-12)17(22)13-6-9-24-11-13/h2-3,6,9-12H,4-5,7-8H2,1H3,(H,19,21). The monoisotopic (exact) mass is 329 g/mol. The zero-order chi connectivity index (χ0) is 16.9. The van der Waals surface area contributed by atoms with Gasteiger partial charge < -0.3 is 19.4 Å². The van der Waals surface area contributed by atoms with E-state index >= 15 is 0 Å². The minimum absolute atomic E-state index is 0.0441. The lowest BCUT2D eigenvalue weighted by Crippen LogP contribution is -2.41. The third-order valence-corrected chi connectivity index (χ3v) is 4.13. The molecule has 1 fully saturated rings. The summed E-state index contributed by atoms with van der Waals surface area (Å²) in [5.41, 5.74) is 1.18. The van der Waals surface area contributed by atoms with Gasteiger partial charge >= 0.3 is 0 Å². The van der Waals surface area contributed by atoms with E-state index in [1.165, 1.54) is 12.5 Å². The zero-order valence-corrected chi connectivity index (χ0v) is 13.4. The van der Waals surface area contributed by atoms with Gasteiger partial charge in [0.2, 0.25) is 11.8 Å². The third kappa shape index (κ3) is 3.56. The number of anilines is 1. The van der Waals surface area contributed by atoms with Gasteiger partial charge in [-0.25, -0.2) is 4.98 Å². The van der Waals surface area contributed by atoms with Gasteiger partial charge in [-0.2, -0.15) is 0 Å². The molecule has 0 aliphatic carbocycles. The number of pyridine rings is 1. The van der Waals surface area contributed by atoms with Crippen molar-refractivity contribution < 1.29 is 18.7 Å². The summed E-state index contributed by atoms with van der Waals surface area (Å²) in [5.74, 6) is 0.291. The number of hydrogen-bond donors (Lipinski definition) is 1. The Bertz CT molecular complexity index is 689. The van der Waals surface area contributed by atoms with E-state index in [0.717, 1.165) is 0 Å². The highest BCUT2D eigenvalue weighted by Gasteiger charge is 2.28. The first-order chi connectivity index (χ1) is 11.7. The molecule has 2 aromatic heterocycles. The van der Waals surface area contributed by atoms with Crippen molar-refractivity contribution in [2.75, 3.05) is 25.5 Å². The van der Waals surface area contributed by atoms with Gasteiger partial charge in [0.05, 0.1) is 30.8 Å². The summed E-state index contributed by atoms with van der Waals surface area (Å²) in [7, 11) is 1.54. The molecule has 2 amide bonds. The van der Waals surface area contributed by atoms with E-state index < -0.39 is 0 Å². The van der Waals surface area contributed by atoms with Crippen LogP contribution < -0.4 is 10.1 Å². The Balaban J connectivity index is 1.52. The number of methoxy groups -OCH3 is 1. The van der Waals surface area contributed by atoms with Crippen LogP contribution in [0.1, 0.15) is 23.2 Å². The molecule has 2 aromatic rings. The Morgan fingerprint density at radius 2 is 2.08 bits per heavy atom. The van der Waals surface area contributed by atoms with Gasteiger partial charge in [-0.15, -0.1) is 0 Å². The number of hydrogen-bond acceptors (Lipinski definition) is 5. The van der Waals surface area contributed by atoms with Crippen LogP contribution >= 0.6 is 0 Å². The van der Waals surface area contributed by atoms with Crippen LogP contribution in [0.4, 0.5) is 5.69 Å². The topological polar surface area (TPSA) is 84.7 Å². The molecule has 3 heterocycles. The smallest absolute Gasteiger partial charge is 0.257 e. The first-order valence-electron chi connectivity index (χ1n) is 7.80. The Hall–Kier alpha value is -2.83. The lowest BCUT2D eigenvalue weighted by Gasteiger charge is -2.31. The van der Waals surface area contributed by atoms with Gasteiger partial charge in [0.25, 0.3) is 5.91 Å². The highest BCUT2D eigenvalue weighted by Crippen LogP contribution is 2.21. The molecule has 126 valence electrons. The zero-order valence-electron chi connectivity index (χ0n) is 13.4. The predicted molar refractivity (Wildman–Crippen MR) is 86.8 cm³/mol. The number of aromatic nitrogens is 1. The van der Waals surface area contributed by atoms with Crippen molar-refractivity contribution in [2.45, 2.75) is 12.8 Å². The molecule has 3 rings (SSSR count). The number of rotatable bonds is 4. The Morgan fingerprint density at radius 1 is 1.29 bits per heavy atom. The van der Waals surface area contributed by atoms with Crippen molar-refractivity contribution in [1.29, 1.82) is 0 Å². The Morgan fingerprint density at radius 3 is 2.67 bits per heavy atom. The molecule has 0 aromatic carbocycles. The van der Waals surface area contributed by atoms with Crippen molar-refractivity contribution in [2.24, 2.45) is 5.92 Å². The van der Waals surface area contributed by atoms with Gasteiger partial charge in [0.15, 0.2) is 0 Å². The number of piperidine rings is 1. The van der Waals surface area contributed by atoms with Crippen molar-refractivity contribution in [3.8, 4) is 5.88 Å². The van der Waals surface area contributed by atoms with Gasteiger partial charge in [0, 0.05) is 25.1 Å². The molecule has 0 atom stereocenters. The van der Waals surface area contributed by atoms with Crippen molar-refractivity contribution in [1.82, 2.24) is 9.88 Å². The first-order valence-corrected chi connectivity index (χ1v) is 7.80. The molecule has 0 radical (unpaired) electrons. The molecule has 0 spiro atoms. The SMILES string of the molecule is COc1ccc(NC(=O)C2CCN(C(=O)c3ccoc3)CC2)cn1. The maximum absolute atomic E-state index is 12.3. The molecule has 24 heavy (non-hydrogen) atoms. The van der Waals surface area contributed by atoms with Crippen LogP contribution in [0.2, 0.25) is 0 Å². The highest BCUT2D eigenvalue weighted by molar-refractivity contribution is 5.95. The third-order valence-electron chi connectivity index (χ3n) is 4.13. The summed E-state index contributed by atoms with van der Waals surface area (Å²) in [6, 6.07) is 5.10. The number of ether oxygens (including phenoxy) is 1. The molecule has 1 N–H and O–H groups in total. The van der Waals surface area contributed by atoms with E-state index in [-0.39, 0.29) is 17.7 Å². The van der Waals surface area contributed by atoms with Gasteiger partial charge in [-0.3, -0.25) is 9.59 Å². The van der Waals surface area contributed by atoms with Crippen LogP contribution in [0.3, 0.4) is 0 Å². The predicted octanol–water partition coefficient (Wildman–Crippen LogP) is 2.17. The fraction of sp³-hybridized carbons (Fsp3) is 0.353. The molecule has 1 aliphatic heterocycles. The normalized spacial score (nSPS) is 15.1. The number of carbonyl (C=O) groups is 2. The fourth-order valence-corrected chi connectivity index (χ4v) is 2.73. The first kappa shape index (κ1) is 16.0. The number of amides is 2. The summed E-state index contributed by atoms with van der Waals surface area (Å²) in [6.45, 7) is 1.12. The molecule has 7 heteroatoms. The summed E-state index contributed by atoms with van der Waals surface area (Å²) < 4.78 is 9.93. The number of nitrogens with one attached hydrogen (secondary N) is 1. The minimum atomic E-state index is -0.111. The highest BCUT2D eigenvalue weighted by atomic mass is 16.5. The van der Waals surface area contributed by atoms with Crippen molar-refractivity contribution >= 4 is 17.5 Å². The van der Waals surface area contributed by atoms with Crippen LogP contribution in [0.5, 0.6) is 5.88 Å². The average Bonchev–Trinajstić information content (AvgIpc) is 3.16. The van der Waals surface area contributed by atoms with Crippen LogP contribution in [0.25, 0.3) is 0 Å². The van der Waals surface area contributed by atoms with E-state index in [1.807, 2.05) is 0 Å². The van der Waals surface area contributed by atoms with Crippen molar-refractivity contribution in [3.05, 3.63) is 42.5 Å². The molecule has 0 saturated carbocycles. The number of likely N-dealkylation sites (tertiary alicyclic amines) is 1. The summed E-state index contributed by atoms with van der Waals surface area (Å²) in [5, 5.41) is 2.86. The van der Waals surface area contributed by atoms with Gasteiger partial charge in [-0.1, -0.05) is 0 Å². The lowest BCUT2D eigenvalue weighted by atomic mass is 9.95. The van der Waals surface area contributed by atoms with E-state index in [2.05, 4.69) is 10.3 Å². The lowest BCUT2D eigenvalue weighted by molar-refractivity contribution is -0.121. The van der Waals surface area contributed by atoms with Gasteiger partial charge in [0.1, 0.15) is 6.26 Å². The van der Waals surface area contributed by atoms with E-state index in [4.69, 9.17) is 9.15 Å². The number of carbonyl (C=O) groups excluding carboxylic acids is 2. The number of nitrogens with zero attached hydrogens (tertiary/aromatic N) is 2. The van der Waals surface area contributed by atoms with Crippen LogP contribution in [-0.2, 0) is 4.79 Å².